The summed E-state index contributed by atoms with van der Waals surface area (Å²) in [5.74, 6) is -2.84. The van der Waals surface area contributed by atoms with Gasteiger partial charge in [-0.2, -0.15) is 4.39 Å². The van der Waals surface area contributed by atoms with Gasteiger partial charge in [-0.1, -0.05) is 6.07 Å². The highest BCUT2D eigenvalue weighted by molar-refractivity contribution is 7.89. The van der Waals surface area contributed by atoms with E-state index in [2.05, 4.69) is 10.0 Å². The van der Waals surface area contributed by atoms with Crippen LogP contribution in [0.2, 0.25) is 0 Å². The van der Waals surface area contributed by atoms with E-state index in [0.29, 0.717) is 0 Å². The zero-order chi connectivity index (χ0) is 20.9. The minimum absolute atomic E-state index is 0.0590. The molecular formula is C16H14FN3O7S. The Hall–Kier alpha value is -3.38. The van der Waals surface area contributed by atoms with Gasteiger partial charge in [-0.05, 0) is 37.4 Å². The van der Waals surface area contributed by atoms with Crippen LogP contribution in [0.4, 0.5) is 15.8 Å². The van der Waals surface area contributed by atoms with Crippen molar-refractivity contribution in [2.24, 2.45) is 0 Å². The van der Waals surface area contributed by atoms with E-state index in [-0.39, 0.29) is 16.1 Å². The highest BCUT2D eigenvalue weighted by Crippen LogP contribution is 2.21. The van der Waals surface area contributed by atoms with Crippen LogP contribution >= 0.6 is 0 Å². The van der Waals surface area contributed by atoms with Crippen LogP contribution in [0.15, 0.2) is 47.4 Å². The maximum Gasteiger partial charge on any atom is 0.338 e. The molecule has 12 heteroatoms. The molecule has 0 aromatic heterocycles. The summed E-state index contributed by atoms with van der Waals surface area (Å²) in [5, 5.41) is 12.9. The molecule has 0 saturated heterocycles. The van der Waals surface area contributed by atoms with Gasteiger partial charge >= 0.3 is 11.7 Å². The molecule has 0 bridgehead atoms. The SMILES string of the molecule is CNS(=O)(=O)c1cccc(C(=O)OCC(=O)Nc2ccc(F)c([N+](=O)[O-])c2)c1. The van der Waals surface area contributed by atoms with Crippen molar-refractivity contribution in [2.45, 2.75) is 4.90 Å². The molecule has 0 aliphatic rings. The lowest BCUT2D eigenvalue weighted by atomic mass is 10.2. The van der Waals surface area contributed by atoms with Gasteiger partial charge in [0.25, 0.3) is 5.91 Å². The first-order valence-electron chi connectivity index (χ1n) is 7.58. The van der Waals surface area contributed by atoms with Crippen molar-refractivity contribution in [3.8, 4) is 0 Å². The second-order valence-corrected chi connectivity index (χ2v) is 7.17. The van der Waals surface area contributed by atoms with Crippen molar-refractivity contribution < 1.29 is 32.1 Å². The summed E-state index contributed by atoms with van der Waals surface area (Å²) in [5.41, 5.74) is -0.977. The number of halogens is 1. The van der Waals surface area contributed by atoms with E-state index in [0.717, 1.165) is 24.3 Å². The number of rotatable bonds is 7. The third-order valence-corrected chi connectivity index (χ3v) is 4.82. The predicted molar refractivity (Wildman–Crippen MR) is 94.7 cm³/mol. The Labute approximate surface area is 158 Å². The summed E-state index contributed by atoms with van der Waals surface area (Å²) in [6.07, 6.45) is 0. The monoisotopic (exact) mass is 411 g/mol. The molecule has 2 rings (SSSR count). The van der Waals surface area contributed by atoms with E-state index < -0.39 is 44.9 Å². The maximum atomic E-state index is 13.3. The van der Waals surface area contributed by atoms with Crippen molar-refractivity contribution in [3.05, 3.63) is 64.0 Å². The van der Waals surface area contributed by atoms with Gasteiger partial charge in [0, 0.05) is 11.8 Å². The number of nitrogens with zero attached hydrogens (tertiary/aromatic N) is 1. The minimum Gasteiger partial charge on any atom is -0.452 e. The number of anilines is 1. The second kappa shape index (κ2) is 8.54. The smallest absolute Gasteiger partial charge is 0.338 e. The van der Waals surface area contributed by atoms with Gasteiger partial charge in [-0.3, -0.25) is 14.9 Å². The molecule has 0 aliphatic carbocycles. The predicted octanol–water partition coefficient (Wildman–Crippen LogP) is 1.44. The molecule has 0 heterocycles. The molecule has 148 valence electrons. The molecule has 0 fully saturated rings. The quantitative estimate of drug-likeness (QED) is 0.398. The summed E-state index contributed by atoms with van der Waals surface area (Å²) in [6, 6.07) is 7.73. The van der Waals surface area contributed by atoms with Crippen molar-refractivity contribution in [1.82, 2.24) is 4.72 Å². The molecule has 2 aromatic carbocycles. The summed E-state index contributed by atoms with van der Waals surface area (Å²) >= 11 is 0. The number of nitro benzene ring substituents is 1. The molecule has 2 aromatic rings. The van der Waals surface area contributed by atoms with Crippen molar-refractivity contribution in [1.29, 1.82) is 0 Å². The van der Waals surface area contributed by atoms with Gasteiger partial charge in [0.1, 0.15) is 0 Å². The summed E-state index contributed by atoms with van der Waals surface area (Å²) < 4.78 is 43.6. The number of carbonyl (C=O) groups is 2. The van der Waals surface area contributed by atoms with E-state index in [4.69, 9.17) is 4.74 Å². The van der Waals surface area contributed by atoms with Crippen LogP contribution in [-0.4, -0.2) is 38.9 Å². The van der Waals surface area contributed by atoms with Gasteiger partial charge in [0.15, 0.2) is 6.61 Å². The van der Waals surface area contributed by atoms with E-state index >= 15 is 0 Å². The lowest BCUT2D eigenvalue weighted by molar-refractivity contribution is -0.387. The fraction of sp³-hybridized carbons (Fsp3) is 0.125. The number of benzene rings is 2. The first-order valence-corrected chi connectivity index (χ1v) is 9.07. The van der Waals surface area contributed by atoms with Crippen LogP contribution in [0, 0.1) is 15.9 Å². The summed E-state index contributed by atoms with van der Waals surface area (Å²) in [7, 11) is -2.55. The first kappa shape index (κ1) is 20.9. The molecule has 0 unspecified atom stereocenters. The van der Waals surface area contributed by atoms with Gasteiger partial charge in [0.05, 0.1) is 15.4 Å². The molecule has 0 atom stereocenters. The third kappa shape index (κ3) is 5.08. The lowest BCUT2D eigenvalue weighted by Gasteiger charge is -2.08. The van der Waals surface area contributed by atoms with Crippen molar-refractivity contribution >= 4 is 33.3 Å². The number of hydrogen-bond acceptors (Lipinski definition) is 7. The van der Waals surface area contributed by atoms with E-state index in [1.54, 1.807) is 0 Å². The fourth-order valence-corrected chi connectivity index (χ4v) is 2.83. The third-order valence-electron chi connectivity index (χ3n) is 3.41. The normalized spacial score (nSPS) is 10.9. The van der Waals surface area contributed by atoms with Crippen molar-refractivity contribution in [3.63, 3.8) is 0 Å². The molecule has 0 saturated carbocycles. The number of nitro groups is 1. The number of ether oxygens (including phenoxy) is 1. The topological polar surface area (TPSA) is 145 Å². The maximum absolute atomic E-state index is 13.3. The number of esters is 1. The zero-order valence-electron chi connectivity index (χ0n) is 14.3. The standard InChI is InChI=1S/C16H14FN3O7S/c1-18-28(25,26)12-4-2-3-10(7-12)16(22)27-9-15(21)19-11-5-6-13(17)14(8-11)20(23)24/h2-8,18H,9H2,1H3,(H,19,21). The molecule has 0 aliphatic heterocycles. The molecule has 0 spiro atoms. The molecule has 1 amide bonds. The summed E-state index contributed by atoms with van der Waals surface area (Å²) in [6.45, 7) is -0.743. The Balaban J connectivity index is 2.02. The molecule has 2 N–H and O–H groups in total. The minimum atomic E-state index is -3.76. The van der Waals surface area contributed by atoms with E-state index in [9.17, 15) is 32.5 Å². The molecular weight excluding hydrogens is 397 g/mol. The Morgan fingerprint density at radius 3 is 2.57 bits per heavy atom. The van der Waals surface area contributed by atoms with Crippen LogP contribution in [0.3, 0.4) is 0 Å². The molecule has 0 radical (unpaired) electrons. The number of amides is 1. The highest BCUT2D eigenvalue weighted by atomic mass is 32.2. The van der Waals surface area contributed by atoms with Crippen LogP contribution in [-0.2, 0) is 19.6 Å². The zero-order valence-corrected chi connectivity index (χ0v) is 15.2. The van der Waals surface area contributed by atoms with Crippen LogP contribution < -0.4 is 10.0 Å². The van der Waals surface area contributed by atoms with E-state index in [1.165, 1.54) is 25.2 Å². The summed E-state index contributed by atoms with van der Waals surface area (Å²) in [4.78, 5) is 33.4. The number of sulfonamides is 1. The van der Waals surface area contributed by atoms with Crippen LogP contribution in [0.25, 0.3) is 0 Å². The number of carbonyl (C=O) groups excluding carboxylic acids is 2. The highest BCUT2D eigenvalue weighted by Gasteiger charge is 2.18. The second-order valence-electron chi connectivity index (χ2n) is 5.28. The van der Waals surface area contributed by atoms with E-state index in [1.807, 2.05) is 0 Å². The Bertz CT molecular complexity index is 1040. The average Bonchev–Trinajstić information content (AvgIpc) is 2.67. The molecule has 10 nitrogen and oxygen atoms in total. The van der Waals surface area contributed by atoms with Crippen LogP contribution in [0.1, 0.15) is 10.4 Å². The van der Waals surface area contributed by atoms with Gasteiger partial charge in [-0.25, -0.2) is 17.9 Å². The Kier molecular flexibility index (Phi) is 6.38. The fourth-order valence-electron chi connectivity index (χ4n) is 2.05. The Morgan fingerprint density at radius 1 is 1.21 bits per heavy atom. The number of nitrogens with one attached hydrogen (secondary N) is 2. The van der Waals surface area contributed by atoms with Crippen molar-refractivity contribution in [2.75, 3.05) is 19.0 Å². The average molecular weight is 411 g/mol. The molecule has 28 heavy (non-hydrogen) atoms. The van der Waals surface area contributed by atoms with Gasteiger partial charge < -0.3 is 10.1 Å². The largest absolute Gasteiger partial charge is 0.452 e. The van der Waals surface area contributed by atoms with Gasteiger partial charge in [0.2, 0.25) is 15.8 Å². The first-order chi connectivity index (χ1) is 13.1. The lowest BCUT2D eigenvalue weighted by Crippen LogP contribution is -2.22. The van der Waals surface area contributed by atoms with Crippen LogP contribution in [0.5, 0.6) is 0 Å². The number of hydrogen-bond donors (Lipinski definition) is 2. The Morgan fingerprint density at radius 2 is 1.93 bits per heavy atom. The van der Waals surface area contributed by atoms with Gasteiger partial charge in [-0.15, -0.1) is 0 Å².